The Morgan fingerprint density at radius 1 is 1.23 bits per heavy atom. The topological polar surface area (TPSA) is 63.0 Å². The summed E-state index contributed by atoms with van der Waals surface area (Å²) >= 11 is 0. The average molecular weight is 294 g/mol. The summed E-state index contributed by atoms with van der Waals surface area (Å²) in [5.74, 6) is 1.32. The van der Waals surface area contributed by atoms with Crippen molar-refractivity contribution in [1.82, 2.24) is 19.9 Å². The minimum Gasteiger partial charge on any atom is -0.508 e. The molecule has 0 amide bonds. The Morgan fingerprint density at radius 3 is 2.95 bits per heavy atom. The SMILES string of the molecule is Oc1ccccc1Cn1c(C2CCCN2)nc2cccnc21. The molecule has 0 saturated carbocycles. The van der Waals surface area contributed by atoms with Crippen LogP contribution in [0, 0.1) is 0 Å². The Bertz CT molecular complexity index is 805. The highest BCUT2D eigenvalue weighted by molar-refractivity contribution is 5.71. The highest BCUT2D eigenvalue weighted by Gasteiger charge is 2.24. The van der Waals surface area contributed by atoms with E-state index < -0.39 is 0 Å². The third kappa shape index (κ3) is 2.23. The number of phenolic OH excluding ortho intramolecular Hbond substituents is 1. The first-order valence-corrected chi connectivity index (χ1v) is 7.64. The van der Waals surface area contributed by atoms with Gasteiger partial charge in [0.2, 0.25) is 0 Å². The van der Waals surface area contributed by atoms with Crippen LogP contribution in [0.15, 0.2) is 42.6 Å². The summed E-state index contributed by atoms with van der Waals surface area (Å²) in [5, 5.41) is 13.6. The highest BCUT2D eigenvalue weighted by Crippen LogP contribution is 2.27. The van der Waals surface area contributed by atoms with Crippen molar-refractivity contribution in [3.05, 3.63) is 54.0 Å². The number of aromatic hydroxyl groups is 1. The average Bonchev–Trinajstić information content (AvgIpc) is 3.17. The van der Waals surface area contributed by atoms with Crippen LogP contribution in [0.3, 0.4) is 0 Å². The van der Waals surface area contributed by atoms with Gasteiger partial charge >= 0.3 is 0 Å². The van der Waals surface area contributed by atoms with Crippen molar-refractivity contribution < 1.29 is 5.11 Å². The lowest BCUT2D eigenvalue weighted by Crippen LogP contribution is -2.18. The van der Waals surface area contributed by atoms with Crippen LogP contribution < -0.4 is 5.32 Å². The lowest BCUT2D eigenvalue weighted by molar-refractivity contribution is 0.464. The first-order chi connectivity index (χ1) is 10.8. The minimum absolute atomic E-state index is 0.264. The first-order valence-electron chi connectivity index (χ1n) is 7.64. The van der Waals surface area contributed by atoms with E-state index in [2.05, 4.69) is 14.9 Å². The van der Waals surface area contributed by atoms with Gasteiger partial charge in [-0.25, -0.2) is 9.97 Å². The number of pyridine rings is 1. The van der Waals surface area contributed by atoms with E-state index in [1.54, 1.807) is 12.3 Å². The maximum absolute atomic E-state index is 10.1. The van der Waals surface area contributed by atoms with Gasteiger partial charge < -0.3 is 15.0 Å². The molecule has 0 radical (unpaired) electrons. The molecule has 1 atom stereocenters. The molecular formula is C17H18N4O. The van der Waals surface area contributed by atoms with Crippen LogP contribution in [0.25, 0.3) is 11.2 Å². The number of para-hydroxylation sites is 1. The summed E-state index contributed by atoms with van der Waals surface area (Å²) in [4.78, 5) is 9.27. The number of hydrogen-bond donors (Lipinski definition) is 2. The van der Waals surface area contributed by atoms with Crippen LogP contribution in [-0.4, -0.2) is 26.2 Å². The van der Waals surface area contributed by atoms with Crippen LogP contribution >= 0.6 is 0 Å². The van der Waals surface area contributed by atoms with Gasteiger partial charge in [-0.2, -0.15) is 0 Å². The number of imidazole rings is 1. The van der Waals surface area contributed by atoms with Gasteiger partial charge in [0.05, 0.1) is 12.6 Å². The van der Waals surface area contributed by atoms with Gasteiger partial charge in [0, 0.05) is 11.8 Å². The summed E-state index contributed by atoms with van der Waals surface area (Å²) in [7, 11) is 0. The second-order valence-corrected chi connectivity index (χ2v) is 5.68. The Kier molecular flexibility index (Phi) is 3.27. The standard InChI is InChI=1S/C17H18N4O/c22-15-8-2-1-5-12(15)11-21-16-14(7-4-10-19-16)20-17(21)13-6-3-9-18-13/h1-2,4-5,7-8,10,13,18,22H,3,6,9,11H2. The molecule has 22 heavy (non-hydrogen) atoms. The van der Waals surface area contributed by atoms with Crippen molar-refractivity contribution in [2.75, 3.05) is 6.54 Å². The van der Waals surface area contributed by atoms with Crippen molar-refractivity contribution in [1.29, 1.82) is 0 Å². The van der Waals surface area contributed by atoms with E-state index in [-0.39, 0.29) is 6.04 Å². The highest BCUT2D eigenvalue weighted by atomic mass is 16.3. The molecule has 1 aromatic carbocycles. The fraction of sp³-hybridized carbons (Fsp3) is 0.294. The quantitative estimate of drug-likeness (QED) is 0.779. The zero-order chi connectivity index (χ0) is 14.9. The summed E-state index contributed by atoms with van der Waals surface area (Å²) in [6.45, 7) is 1.60. The number of nitrogens with one attached hydrogen (secondary N) is 1. The molecule has 0 spiro atoms. The van der Waals surface area contributed by atoms with Gasteiger partial charge in [0.25, 0.3) is 0 Å². The van der Waals surface area contributed by atoms with Crippen LogP contribution in [0.2, 0.25) is 0 Å². The molecule has 2 N–H and O–H groups in total. The van der Waals surface area contributed by atoms with E-state index in [0.29, 0.717) is 12.3 Å². The molecule has 1 aliphatic rings. The number of aromatic nitrogens is 3. The van der Waals surface area contributed by atoms with Gasteiger partial charge in [-0.3, -0.25) is 0 Å². The maximum Gasteiger partial charge on any atom is 0.160 e. The van der Waals surface area contributed by atoms with Gasteiger partial charge in [-0.05, 0) is 37.6 Å². The Morgan fingerprint density at radius 2 is 2.14 bits per heavy atom. The van der Waals surface area contributed by atoms with E-state index in [1.165, 1.54) is 0 Å². The smallest absolute Gasteiger partial charge is 0.160 e. The molecule has 112 valence electrons. The molecule has 5 nitrogen and oxygen atoms in total. The number of benzene rings is 1. The van der Waals surface area contributed by atoms with E-state index >= 15 is 0 Å². The van der Waals surface area contributed by atoms with Gasteiger partial charge in [-0.1, -0.05) is 18.2 Å². The monoisotopic (exact) mass is 294 g/mol. The van der Waals surface area contributed by atoms with Crippen LogP contribution in [0.5, 0.6) is 5.75 Å². The van der Waals surface area contributed by atoms with Crippen molar-refractivity contribution in [2.24, 2.45) is 0 Å². The summed E-state index contributed by atoms with van der Waals surface area (Å²) in [6, 6.07) is 11.6. The lowest BCUT2D eigenvalue weighted by atomic mass is 10.2. The molecule has 0 aliphatic carbocycles. The molecule has 0 bridgehead atoms. The Balaban J connectivity index is 1.83. The molecular weight excluding hydrogens is 276 g/mol. The van der Waals surface area contributed by atoms with Gasteiger partial charge in [0.1, 0.15) is 17.1 Å². The number of hydrogen-bond acceptors (Lipinski definition) is 4. The first kappa shape index (κ1) is 13.3. The molecule has 1 saturated heterocycles. The Hall–Kier alpha value is -2.40. The zero-order valence-corrected chi connectivity index (χ0v) is 12.2. The predicted molar refractivity (Wildman–Crippen MR) is 84.7 cm³/mol. The van der Waals surface area contributed by atoms with E-state index in [9.17, 15) is 5.11 Å². The van der Waals surface area contributed by atoms with Crippen LogP contribution in [0.4, 0.5) is 0 Å². The van der Waals surface area contributed by atoms with Gasteiger partial charge in [-0.15, -0.1) is 0 Å². The molecule has 3 aromatic rings. The van der Waals surface area contributed by atoms with E-state index in [4.69, 9.17) is 4.98 Å². The van der Waals surface area contributed by atoms with Crippen molar-refractivity contribution in [3.63, 3.8) is 0 Å². The largest absolute Gasteiger partial charge is 0.508 e. The van der Waals surface area contributed by atoms with Crippen molar-refractivity contribution in [3.8, 4) is 5.75 Å². The third-order valence-corrected chi connectivity index (χ3v) is 4.23. The normalized spacial score (nSPS) is 18.1. The van der Waals surface area contributed by atoms with E-state index in [1.807, 2.05) is 30.3 Å². The van der Waals surface area contributed by atoms with E-state index in [0.717, 1.165) is 41.9 Å². The number of nitrogens with zero attached hydrogens (tertiary/aromatic N) is 3. The van der Waals surface area contributed by atoms with Crippen LogP contribution in [-0.2, 0) is 6.54 Å². The molecule has 1 fully saturated rings. The molecule has 3 heterocycles. The number of fused-ring (bicyclic) bond motifs is 1. The second kappa shape index (κ2) is 5.42. The molecule has 4 rings (SSSR count). The lowest BCUT2D eigenvalue weighted by Gasteiger charge is -2.14. The van der Waals surface area contributed by atoms with Crippen molar-refractivity contribution >= 4 is 11.2 Å². The maximum atomic E-state index is 10.1. The molecule has 1 unspecified atom stereocenters. The minimum atomic E-state index is 0.264. The number of rotatable bonds is 3. The number of phenols is 1. The fourth-order valence-electron chi connectivity index (χ4n) is 3.12. The summed E-state index contributed by atoms with van der Waals surface area (Å²) in [6.07, 6.45) is 4.04. The van der Waals surface area contributed by atoms with Crippen molar-refractivity contribution in [2.45, 2.75) is 25.4 Å². The summed E-state index contributed by atoms with van der Waals surface area (Å²) < 4.78 is 2.12. The fourth-order valence-corrected chi connectivity index (χ4v) is 3.12. The third-order valence-electron chi connectivity index (χ3n) is 4.23. The zero-order valence-electron chi connectivity index (χ0n) is 12.2. The summed E-state index contributed by atoms with van der Waals surface area (Å²) in [5.41, 5.74) is 2.66. The predicted octanol–water partition coefficient (Wildman–Crippen LogP) is 2.61. The second-order valence-electron chi connectivity index (χ2n) is 5.68. The molecule has 1 aliphatic heterocycles. The Labute approximate surface area is 128 Å². The molecule has 5 heteroatoms. The van der Waals surface area contributed by atoms with Gasteiger partial charge in [0.15, 0.2) is 5.65 Å². The molecule has 2 aromatic heterocycles. The van der Waals surface area contributed by atoms with Crippen LogP contribution in [0.1, 0.15) is 30.3 Å².